The minimum Gasteiger partial charge on any atom is -0.307 e. The first-order valence-corrected chi connectivity index (χ1v) is 7.82. The Labute approximate surface area is 128 Å². The predicted molar refractivity (Wildman–Crippen MR) is 86.0 cm³/mol. The molecule has 1 aliphatic rings. The zero-order valence-electron chi connectivity index (χ0n) is 10.1. The second-order valence-corrected chi connectivity index (χ2v) is 6.74. The Balaban J connectivity index is 2.00. The fraction of sp³-hybridized carbons (Fsp3) is 0. The van der Waals surface area contributed by atoms with Crippen LogP contribution in [0.25, 0.3) is 16.5 Å². The van der Waals surface area contributed by atoms with Crippen molar-refractivity contribution < 1.29 is 9.18 Å². The van der Waals surface area contributed by atoms with Crippen molar-refractivity contribution in [1.82, 2.24) is 5.32 Å². The van der Waals surface area contributed by atoms with Crippen molar-refractivity contribution in [2.45, 2.75) is 0 Å². The summed E-state index contributed by atoms with van der Waals surface area (Å²) in [7, 11) is 0. The third kappa shape index (κ3) is 2.67. The van der Waals surface area contributed by atoms with Crippen molar-refractivity contribution >= 4 is 51.6 Å². The first-order chi connectivity index (χ1) is 9.63. The third-order valence-corrected chi connectivity index (χ3v) is 4.78. The standard InChI is InChI=1S/C14H8FNOS3/c15-10-4-3-8(6-9(10)11-2-1-5-19-11)7-12-13(17)16-14(18)20-12/h1-7H,(H,16,17,18)/b12-7+. The number of rotatable bonds is 2. The lowest BCUT2D eigenvalue weighted by atomic mass is 10.1. The van der Waals surface area contributed by atoms with Crippen LogP contribution >= 0.6 is 35.3 Å². The first-order valence-electron chi connectivity index (χ1n) is 5.72. The summed E-state index contributed by atoms with van der Waals surface area (Å²) < 4.78 is 14.3. The van der Waals surface area contributed by atoms with E-state index in [1.807, 2.05) is 17.5 Å². The van der Waals surface area contributed by atoms with Crippen LogP contribution in [0.15, 0.2) is 40.6 Å². The maximum absolute atomic E-state index is 13.9. The molecule has 1 amide bonds. The maximum atomic E-state index is 13.9. The highest BCUT2D eigenvalue weighted by Gasteiger charge is 2.22. The van der Waals surface area contributed by atoms with E-state index < -0.39 is 0 Å². The average molecular weight is 321 g/mol. The summed E-state index contributed by atoms with van der Waals surface area (Å²) in [6.45, 7) is 0. The molecule has 0 radical (unpaired) electrons. The molecule has 0 unspecified atom stereocenters. The van der Waals surface area contributed by atoms with E-state index in [2.05, 4.69) is 5.32 Å². The van der Waals surface area contributed by atoms with Gasteiger partial charge in [-0.2, -0.15) is 0 Å². The van der Waals surface area contributed by atoms with Gasteiger partial charge in [0.1, 0.15) is 10.1 Å². The van der Waals surface area contributed by atoms with Crippen molar-refractivity contribution in [2.75, 3.05) is 0 Å². The molecule has 0 aliphatic carbocycles. The Morgan fingerprint density at radius 1 is 1.30 bits per heavy atom. The van der Waals surface area contributed by atoms with E-state index in [1.165, 1.54) is 29.2 Å². The summed E-state index contributed by atoms with van der Waals surface area (Å²) in [5.74, 6) is -0.476. The molecule has 0 spiro atoms. The lowest BCUT2D eigenvalue weighted by Crippen LogP contribution is -2.17. The second-order valence-electron chi connectivity index (χ2n) is 4.07. The van der Waals surface area contributed by atoms with Crippen molar-refractivity contribution in [3.05, 3.63) is 52.0 Å². The maximum Gasteiger partial charge on any atom is 0.263 e. The van der Waals surface area contributed by atoms with Crippen molar-refractivity contribution in [3.8, 4) is 10.4 Å². The van der Waals surface area contributed by atoms with Gasteiger partial charge in [0, 0.05) is 10.4 Å². The molecule has 0 atom stereocenters. The van der Waals surface area contributed by atoms with Gasteiger partial charge in [-0.25, -0.2) is 4.39 Å². The van der Waals surface area contributed by atoms with Crippen LogP contribution < -0.4 is 5.32 Å². The van der Waals surface area contributed by atoms with Crippen molar-refractivity contribution in [2.24, 2.45) is 0 Å². The molecule has 1 aromatic carbocycles. The highest BCUT2D eigenvalue weighted by Crippen LogP contribution is 2.30. The molecule has 2 nitrogen and oxygen atoms in total. The van der Waals surface area contributed by atoms with Gasteiger partial charge in [0.15, 0.2) is 0 Å². The Kier molecular flexibility index (Phi) is 3.69. The van der Waals surface area contributed by atoms with Crippen LogP contribution in [0.4, 0.5) is 4.39 Å². The molecular formula is C14H8FNOS3. The topological polar surface area (TPSA) is 29.1 Å². The van der Waals surface area contributed by atoms with Crippen LogP contribution in [0.3, 0.4) is 0 Å². The first kappa shape index (κ1) is 13.5. The fourth-order valence-corrected chi connectivity index (χ4v) is 3.61. The Morgan fingerprint density at radius 3 is 2.80 bits per heavy atom. The molecular weight excluding hydrogens is 313 g/mol. The zero-order chi connectivity index (χ0) is 14.1. The van der Waals surface area contributed by atoms with E-state index in [0.29, 0.717) is 14.8 Å². The Bertz CT molecular complexity index is 722. The summed E-state index contributed by atoms with van der Waals surface area (Å²) in [4.78, 5) is 13.0. The Hall–Kier alpha value is -1.50. The fourth-order valence-electron chi connectivity index (χ4n) is 1.83. The number of nitrogens with one attached hydrogen (secondary N) is 1. The molecule has 1 N–H and O–H groups in total. The lowest BCUT2D eigenvalue weighted by molar-refractivity contribution is -0.115. The van der Waals surface area contributed by atoms with E-state index in [1.54, 1.807) is 18.2 Å². The van der Waals surface area contributed by atoms with Crippen molar-refractivity contribution in [1.29, 1.82) is 0 Å². The average Bonchev–Trinajstić information content (AvgIpc) is 3.02. The number of carbonyl (C=O) groups excluding carboxylic acids is 1. The van der Waals surface area contributed by atoms with Crippen LogP contribution in [0, 0.1) is 5.82 Å². The molecule has 100 valence electrons. The third-order valence-electron chi connectivity index (χ3n) is 2.72. The molecule has 6 heteroatoms. The van der Waals surface area contributed by atoms with Gasteiger partial charge in [-0.05, 0) is 35.2 Å². The summed E-state index contributed by atoms with van der Waals surface area (Å²) >= 11 is 7.63. The molecule has 0 saturated carbocycles. The normalized spacial score (nSPS) is 16.8. The molecule has 2 aromatic rings. The van der Waals surface area contributed by atoms with Crippen LogP contribution in [0.2, 0.25) is 0 Å². The van der Waals surface area contributed by atoms with Gasteiger partial charge in [-0.1, -0.05) is 36.1 Å². The van der Waals surface area contributed by atoms with E-state index in [0.717, 1.165) is 10.4 Å². The van der Waals surface area contributed by atoms with Crippen LogP contribution in [0.5, 0.6) is 0 Å². The number of amides is 1. The summed E-state index contributed by atoms with van der Waals surface area (Å²) in [6, 6.07) is 8.55. The number of hydrogen-bond acceptors (Lipinski definition) is 4. The van der Waals surface area contributed by atoms with Gasteiger partial charge in [0.05, 0.1) is 4.91 Å². The summed E-state index contributed by atoms with van der Waals surface area (Å²) in [5, 5.41) is 4.46. The number of carbonyl (C=O) groups is 1. The van der Waals surface area contributed by atoms with Crippen LogP contribution in [-0.4, -0.2) is 10.2 Å². The highest BCUT2D eigenvalue weighted by molar-refractivity contribution is 8.26. The number of halogens is 1. The lowest BCUT2D eigenvalue weighted by Gasteiger charge is -2.02. The van der Waals surface area contributed by atoms with Crippen LogP contribution in [-0.2, 0) is 4.79 Å². The zero-order valence-corrected chi connectivity index (χ0v) is 12.5. The van der Waals surface area contributed by atoms with E-state index >= 15 is 0 Å². The molecule has 2 heterocycles. The van der Waals surface area contributed by atoms with E-state index in [-0.39, 0.29) is 11.7 Å². The summed E-state index contributed by atoms with van der Waals surface area (Å²) in [5.41, 5.74) is 1.32. The van der Waals surface area contributed by atoms with Crippen molar-refractivity contribution in [3.63, 3.8) is 0 Å². The number of thiophene rings is 1. The predicted octanol–water partition coefficient (Wildman–Crippen LogP) is 4.04. The summed E-state index contributed by atoms with van der Waals surface area (Å²) in [6.07, 6.45) is 1.72. The monoisotopic (exact) mass is 321 g/mol. The quantitative estimate of drug-likeness (QED) is 0.668. The molecule has 1 fully saturated rings. The van der Waals surface area contributed by atoms with E-state index in [4.69, 9.17) is 12.2 Å². The molecule has 3 rings (SSSR count). The molecule has 0 bridgehead atoms. The van der Waals surface area contributed by atoms with Gasteiger partial charge in [-0.3, -0.25) is 4.79 Å². The van der Waals surface area contributed by atoms with E-state index in [9.17, 15) is 9.18 Å². The molecule has 20 heavy (non-hydrogen) atoms. The molecule has 1 aliphatic heterocycles. The SMILES string of the molecule is O=C1NC(=S)S/C1=C/c1ccc(F)c(-c2cccs2)c1. The molecule has 1 saturated heterocycles. The minimum atomic E-state index is -0.270. The minimum absolute atomic E-state index is 0.206. The van der Waals surface area contributed by atoms with Crippen LogP contribution in [0.1, 0.15) is 5.56 Å². The van der Waals surface area contributed by atoms with Gasteiger partial charge in [0.2, 0.25) is 0 Å². The smallest absolute Gasteiger partial charge is 0.263 e. The highest BCUT2D eigenvalue weighted by atomic mass is 32.2. The van der Waals surface area contributed by atoms with Gasteiger partial charge in [0.25, 0.3) is 5.91 Å². The Morgan fingerprint density at radius 2 is 2.15 bits per heavy atom. The van der Waals surface area contributed by atoms with Gasteiger partial charge < -0.3 is 5.32 Å². The molecule has 1 aromatic heterocycles. The number of hydrogen-bond donors (Lipinski definition) is 1. The number of thioether (sulfide) groups is 1. The number of benzene rings is 1. The van der Waals surface area contributed by atoms with Gasteiger partial charge in [-0.15, -0.1) is 11.3 Å². The number of thiocarbonyl (C=S) groups is 1. The largest absolute Gasteiger partial charge is 0.307 e. The van der Waals surface area contributed by atoms with Gasteiger partial charge >= 0.3 is 0 Å². The second kappa shape index (κ2) is 5.47.